The molecule has 0 fully saturated rings. The fourth-order valence-electron chi connectivity index (χ4n) is 1.50. The minimum Gasteiger partial charge on any atom is -0.369 e. The number of allylic oxidation sites excluding steroid dienone is 2. The summed E-state index contributed by atoms with van der Waals surface area (Å²) < 4.78 is 18.5. The van der Waals surface area contributed by atoms with Crippen molar-refractivity contribution in [2.75, 3.05) is 0 Å². The standard InChI is InChI=1S/C13H13FO/c14-12-7-4-8-13(9-12)15-10-11-5-2-1-3-6-11/h1-8,13H,9-10H2. The van der Waals surface area contributed by atoms with Gasteiger partial charge in [-0.2, -0.15) is 0 Å². The SMILES string of the molecule is FC1=CC=CC(OCc2ccccc2)C1. The molecule has 2 heteroatoms. The quantitative estimate of drug-likeness (QED) is 0.733. The molecule has 1 unspecified atom stereocenters. The van der Waals surface area contributed by atoms with Crippen LogP contribution in [0.2, 0.25) is 0 Å². The lowest BCUT2D eigenvalue weighted by Gasteiger charge is -2.15. The van der Waals surface area contributed by atoms with E-state index in [9.17, 15) is 4.39 Å². The highest BCUT2D eigenvalue weighted by Gasteiger charge is 2.11. The van der Waals surface area contributed by atoms with Gasteiger partial charge in [-0.05, 0) is 11.6 Å². The smallest absolute Gasteiger partial charge is 0.103 e. The molecule has 0 aromatic heterocycles. The molecule has 15 heavy (non-hydrogen) atoms. The van der Waals surface area contributed by atoms with Gasteiger partial charge in [0, 0.05) is 6.42 Å². The normalized spacial score (nSPS) is 20.1. The van der Waals surface area contributed by atoms with Gasteiger partial charge < -0.3 is 4.74 Å². The van der Waals surface area contributed by atoms with Crippen molar-refractivity contribution in [3.8, 4) is 0 Å². The molecule has 1 nitrogen and oxygen atoms in total. The molecule has 0 radical (unpaired) electrons. The van der Waals surface area contributed by atoms with Crippen LogP contribution in [0, 0.1) is 0 Å². The molecule has 0 saturated carbocycles. The number of hydrogen-bond donors (Lipinski definition) is 0. The minimum absolute atomic E-state index is 0.115. The van der Waals surface area contributed by atoms with Crippen molar-refractivity contribution < 1.29 is 9.13 Å². The van der Waals surface area contributed by atoms with Crippen LogP contribution >= 0.6 is 0 Å². The van der Waals surface area contributed by atoms with E-state index in [-0.39, 0.29) is 11.9 Å². The Balaban J connectivity index is 1.85. The third-order valence-corrected chi connectivity index (χ3v) is 2.31. The van der Waals surface area contributed by atoms with E-state index in [0.29, 0.717) is 13.0 Å². The van der Waals surface area contributed by atoms with Crippen molar-refractivity contribution in [3.63, 3.8) is 0 Å². The fraction of sp³-hybridized carbons (Fsp3) is 0.231. The monoisotopic (exact) mass is 204 g/mol. The third kappa shape index (κ3) is 3.03. The summed E-state index contributed by atoms with van der Waals surface area (Å²) in [6, 6.07) is 9.90. The lowest BCUT2D eigenvalue weighted by atomic mass is 10.1. The maximum Gasteiger partial charge on any atom is 0.103 e. The van der Waals surface area contributed by atoms with Crippen LogP contribution in [-0.4, -0.2) is 6.10 Å². The lowest BCUT2D eigenvalue weighted by Crippen LogP contribution is -2.11. The Morgan fingerprint density at radius 2 is 2.07 bits per heavy atom. The van der Waals surface area contributed by atoms with E-state index >= 15 is 0 Å². The summed E-state index contributed by atoms with van der Waals surface area (Å²) in [6.07, 6.45) is 5.28. The topological polar surface area (TPSA) is 9.23 Å². The number of ether oxygens (including phenoxy) is 1. The highest BCUT2D eigenvalue weighted by Crippen LogP contribution is 2.17. The predicted molar refractivity (Wildman–Crippen MR) is 58.0 cm³/mol. The molecule has 1 aliphatic carbocycles. The van der Waals surface area contributed by atoms with Gasteiger partial charge in [-0.15, -0.1) is 0 Å². The second-order valence-corrected chi connectivity index (χ2v) is 3.54. The molecule has 0 aliphatic heterocycles. The van der Waals surface area contributed by atoms with Crippen molar-refractivity contribution in [1.29, 1.82) is 0 Å². The van der Waals surface area contributed by atoms with Crippen LogP contribution in [0.25, 0.3) is 0 Å². The highest BCUT2D eigenvalue weighted by atomic mass is 19.1. The first-order chi connectivity index (χ1) is 7.34. The number of rotatable bonds is 3. The number of halogens is 1. The number of hydrogen-bond acceptors (Lipinski definition) is 1. The lowest BCUT2D eigenvalue weighted by molar-refractivity contribution is 0.0679. The fourth-order valence-corrected chi connectivity index (χ4v) is 1.50. The van der Waals surface area contributed by atoms with Crippen LogP contribution in [0.15, 0.2) is 54.4 Å². The minimum atomic E-state index is -0.129. The Morgan fingerprint density at radius 3 is 2.80 bits per heavy atom. The first kappa shape index (κ1) is 10.1. The van der Waals surface area contributed by atoms with E-state index in [4.69, 9.17) is 4.74 Å². The van der Waals surface area contributed by atoms with Crippen LogP contribution < -0.4 is 0 Å². The first-order valence-corrected chi connectivity index (χ1v) is 5.03. The van der Waals surface area contributed by atoms with Gasteiger partial charge >= 0.3 is 0 Å². The molecule has 0 heterocycles. The molecule has 0 saturated heterocycles. The molecule has 1 aromatic rings. The second kappa shape index (κ2) is 4.89. The summed E-state index contributed by atoms with van der Waals surface area (Å²) in [5.74, 6) is -0.115. The van der Waals surface area contributed by atoms with Crippen LogP contribution in [0.3, 0.4) is 0 Å². The molecule has 1 aromatic carbocycles. The summed E-state index contributed by atoms with van der Waals surface area (Å²) in [5, 5.41) is 0. The zero-order valence-corrected chi connectivity index (χ0v) is 8.40. The molecule has 0 N–H and O–H groups in total. The van der Waals surface area contributed by atoms with E-state index in [0.717, 1.165) is 5.56 Å². The van der Waals surface area contributed by atoms with Gasteiger partial charge in [0.2, 0.25) is 0 Å². The van der Waals surface area contributed by atoms with Gasteiger partial charge in [0.1, 0.15) is 5.83 Å². The Morgan fingerprint density at radius 1 is 1.27 bits per heavy atom. The van der Waals surface area contributed by atoms with Crippen molar-refractivity contribution >= 4 is 0 Å². The Labute approximate surface area is 88.9 Å². The van der Waals surface area contributed by atoms with E-state index in [1.54, 1.807) is 6.08 Å². The molecular formula is C13H13FO. The second-order valence-electron chi connectivity index (χ2n) is 3.54. The summed E-state index contributed by atoms with van der Waals surface area (Å²) in [5.41, 5.74) is 1.11. The van der Waals surface area contributed by atoms with Crippen molar-refractivity contribution in [2.24, 2.45) is 0 Å². The van der Waals surface area contributed by atoms with Crippen LogP contribution in [0.5, 0.6) is 0 Å². The van der Waals surface area contributed by atoms with E-state index in [1.807, 2.05) is 36.4 Å². The molecule has 0 spiro atoms. The summed E-state index contributed by atoms with van der Waals surface area (Å²) >= 11 is 0. The van der Waals surface area contributed by atoms with Gasteiger partial charge in [-0.25, -0.2) is 4.39 Å². The summed E-state index contributed by atoms with van der Waals surface area (Å²) in [7, 11) is 0. The van der Waals surface area contributed by atoms with Gasteiger partial charge in [0.05, 0.1) is 12.7 Å². The largest absolute Gasteiger partial charge is 0.369 e. The zero-order chi connectivity index (χ0) is 10.5. The Kier molecular flexibility index (Phi) is 3.30. The Bertz CT molecular complexity index is 367. The van der Waals surface area contributed by atoms with Crippen LogP contribution in [0.4, 0.5) is 4.39 Å². The van der Waals surface area contributed by atoms with E-state index in [2.05, 4.69) is 0 Å². The van der Waals surface area contributed by atoms with Crippen molar-refractivity contribution in [2.45, 2.75) is 19.1 Å². The van der Waals surface area contributed by atoms with Crippen LogP contribution in [0.1, 0.15) is 12.0 Å². The molecule has 0 bridgehead atoms. The van der Waals surface area contributed by atoms with Gasteiger partial charge in [-0.3, -0.25) is 0 Å². The highest BCUT2D eigenvalue weighted by molar-refractivity contribution is 5.17. The molecule has 1 aliphatic rings. The maximum atomic E-state index is 12.9. The first-order valence-electron chi connectivity index (χ1n) is 5.03. The summed E-state index contributed by atoms with van der Waals surface area (Å²) in [4.78, 5) is 0. The van der Waals surface area contributed by atoms with Gasteiger partial charge in [0.25, 0.3) is 0 Å². The summed E-state index contributed by atoms with van der Waals surface area (Å²) in [6.45, 7) is 0.531. The molecule has 1 atom stereocenters. The average Bonchev–Trinajstić information content (AvgIpc) is 2.28. The van der Waals surface area contributed by atoms with Crippen LogP contribution in [-0.2, 0) is 11.3 Å². The number of benzene rings is 1. The third-order valence-electron chi connectivity index (χ3n) is 2.31. The molecular weight excluding hydrogens is 191 g/mol. The zero-order valence-electron chi connectivity index (χ0n) is 8.40. The van der Waals surface area contributed by atoms with Crippen molar-refractivity contribution in [1.82, 2.24) is 0 Å². The maximum absolute atomic E-state index is 12.9. The molecule has 78 valence electrons. The van der Waals surface area contributed by atoms with Gasteiger partial charge in [-0.1, -0.05) is 42.5 Å². The van der Waals surface area contributed by atoms with Gasteiger partial charge in [0.15, 0.2) is 0 Å². The van der Waals surface area contributed by atoms with E-state index < -0.39 is 0 Å². The molecule has 2 rings (SSSR count). The predicted octanol–water partition coefficient (Wildman–Crippen LogP) is 3.39. The molecule has 0 amide bonds. The Hall–Kier alpha value is -1.41. The van der Waals surface area contributed by atoms with Crippen molar-refractivity contribution in [3.05, 3.63) is 60.0 Å². The van der Waals surface area contributed by atoms with E-state index in [1.165, 1.54) is 6.08 Å². The average molecular weight is 204 g/mol.